The Bertz CT molecular complexity index is 875. The number of carbonyl (C=O) groups is 1. The van der Waals surface area contributed by atoms with E-state index in [1.54, 1.807) is 18.0 Å². The number of aliphatic hydroxyl groups excluding tert-OH is 3. The van der Waals surface area contributed by atoms with Gasteiger partial charge in [-0.1, -0.05) is 32.4 Å². The summed E-state index contributed by atoms with van der Waals surface area (Å²) in [6.45, 7) is 6.05. The number of ether oxygens (including phenoxy) is 1. The first-order valence-electron chi connectivity index (χ1n) is 13.7. The number of benzene rings is 1. The van der Waals surface area contributed by atoms with Gasteiger partial charge in [0.15, 0.2) is 0 Å². The standard InChI is InChI=1S/C28H47N3O5S2/c1-7-8-19-15-21(31(5)16-19)27(35)29-22(26-24(33)23(32)25(34)28(36-26)37-6)17(2)38-20-11-9-18(10-12-20)13-14-30(3)4/h9-12,17,19,21-26,28,32-34H,7-8,13-16H2,1-6H3,(H,29,35)/t17-,19+,21-,22-,23-,24+,25+,26?,28+/m0/s1. The van der Waals surface area contributed by atoms with Crippen LogP contribution in [0.15, 0.2) is 29.2 Å². The molecular weight excluding hydrogens is 522 g/mol. The molecule has 1 aromatic carbocycles. The quantitative estimate of drug-likeness (QED) is 0.282. The molecule has 2 saturated heterocycles. The highest BCUT2D eigenvalue weighted by Crippen LogP contribution is 2.34. The molecule has 2 aliphatic heterocycles. The maximum absolute atomic E-state index is 13.6. The summed E-state index contributed by atoms with van der Waals surface area (Å²) >= 11 is 2.88. The van der Waals surface area contributed by atoms with Crippen LogP contribution in [0.4, 0.5) is 0 Å². The fraction of sp³-hybridized carbons (Fsp3) is 0.750. The lowest BCUT2D eigenvalue weighted by molar-refractivity contribution is -0.205. The van der Waals surface area contributed by atoms with Gasteiger partial charge >= 0.3 is 0 Å². The third-order valence-electron chi connectivity index (χ3n) is 7.73. The Labute approximate surface area is 236 Å². The van der Waals surface area contributed by atoms with Crippen LogP contribution in [-0.2, 0) is 16.0 Å². The normalized spacial score (nSPS) is 31.9. The number of nitrogens with one attached hydrogen (secondary N) is 1. The first kappa shape index (κ1) is 31.7. The van der Waals surface area contributed by atoms with Crippen molar-refractivity contribution in [3.05, 3.63) is 29.8 Å². The van der Waals surface area contributed by atoms with Crippen molar-refractivity contribution in [2.24, 2.45) is 5.92 Å². The Kier molecular flexibility index (Phi) is 12.2. The highest BCUT2D eigenvalue weighted by Gasteiger charge is 2.48. The van der Waals surface area contributed by atoms with Crippen LogP contribution in [0.5, 0.6) is 0 Å². The number of aliphatic hydroxyl groups is 3. The van der Waals surface area contributed by atoms with E-state index in [-0.39, 0.29) is 17.2 Å². The Balaban J connectivity index is 1.79. The summed E-state index contributed by atoms with van der Waals surface area (Å²) in [4.78, 5) is 18.9. The first-order valence-corrected chi connectivity index (χ1v) is 15.9. The van der Waals surface area contributed by atoms with Crippen molar-refractivity contribution in [3.63, 3.8) is 0 Å². The topological polar surface area (TPSA) is 106 Å². The van der Waals surface area contributed by atoms with Gasteiger partial charge in [0, 0.05) is 23.2 Å². The lowest BCUT2D eigenvalue weighted by Crippen LogP contribution is -2.65. The third-order valence-corrected chi connectivity index (χ3v) is 9.80. The van der Waals surface area contributed by atoms with Gasteiger partial charge in [0.05, 0.1) is 12.1 Å². The van der Waals surface area contributed by atoms with Gasteiger partial charge in [-0.2, -0.15) is 0 Å². The van der Waals surface area contributed by atoms with Gasteiger partial charge in [0.25, 0.3) is 0 Å². The van der Waals surface area contributed by atoms with Gasteiger partial charge in [0.1, 0.15) is 29.9 Å². The molecule has 0 aliphatic carbocycles. The first-order chi connectivity index (χ1) is 18.0. The number of rotatable bonds is 12. The second-order valence-corrected chi connectivity index (χ2v) is 13.5. The number of hydrogen-bond donors (Lipinski definition) is 4. The van der Waals surface area contributed by atoms with E-state index in [0.717, 1.165) is 43.7 Å². The number of hydrogen-bond acceptors (Lipinski definition) is 9. The van der Waals surface area contributed by atoms with Crippen molar-refractivity contribution in [1.82, 2.24) is 15.1 Å². The molecule has 1 unspecified atom stereocenters. The Morgan fingerprint density at radius 3 is 2.47 bits per heavy atom. The third kappa shape index (κ3) is 8.10. The van der Waals surface area contributed by atoms with Crippen LogP contribution < -0.4 is 5.32 Å². The number of thioether (sulfide) groups is 2. The number of amides is 1. The van der Waals surface area contributed by atoms with Gasteiger partial charge in [-0.05, 0) is 70.3 Å². The Morgan fingerprint density at radius 1 is 1.18 bits per heavy atom. The zero-order valence-electron chi connectivity index (χ0n) is 23.6. The van der Waals surface area contributed by atoms with Crippen molar-refractivity contribution < 1.29 is 24.9 Å². The molecule has 0 aromatic heterocycles. The summed E-state index contributed by atoms with van der Waals surface area (Å²) in [5.74, 6) is 0.408. The maximum Gasteiger partial charge on any atom is 0.237 e. The molecule has 2 fully saturated rings. The summed E-state index contributed by atoms with van der Waals surface area (Å²) in [6, 6.07) is 7.62. The van der Waals surface area contributed by atoms with Crippen LogP contribution in [-0.4, -0.2) is 119 Å². The molecule has 1 aromatic rings. The minimum atomic E-state index is -1.36. The van der Waals surface area contributed by atoms with Crippen molar-refractivity contribution in [3.8, 4) is 0 Å². The lowest BCUT2D eigenvalue weighted by atomic mass is 9.92. The van der Waals surface area contributed by atoms with E-state index in [4.69, 9.17) is 4.74 Å². The molecule has 0 radical (unpaired) electrons. The average molecular weight is 570 g/mol. The largest absolute Gasteiger partial charge is 0.388 e. The molecular formula is C28H47N3O5S2. The average Bonchev–Trinajstić information content (AvgIpc) is 3.26. The molecule has 2 heterocycles. The molecule has 0 saturated carbocycles. The molecule has 216 valence electrons. The van der Waals surface area contributed by atoms with Crippen LogP contribution in [0, 0.1) is 5.92 Å². The summed E-state index contributed by atoms with van der Waals surface area (Å²) in [5, 5.41) is 35.0. The molecule has 4 N–H and O–H groups in total. The summed E-state index contributed by atoms with van der Waals surface area (Å²) in [5.41, 5.74) is 0.562. The monoisotopic (exact) mass is 569 g/mol. The van der Waals surface area contributed by atoms with E-state index in [0.29, 0.717) is 5.92 Å². The highest BCUT2D eigenvalue weighted by molar-refractivity contribution is 8.00. The summed E-state index contributed by atoms with van der Waals surface area (Å²) < 4.78 is 6.13. The minimum Gasteiger partial charge on any atom is -0.388 e. The molecule has 9 atom stereocenters. The van der Waals surface area contributed by atoms with E-state index in [9.17, 15) is 20.1 Å². The van der Waals surface area contributed by atoms with Gasteiger partial charge in [-0.15, -0.1) is 23.5 Å². The van der Waals surface area contributed by atoms with Crippen molar-refractivity contribution in [1.29, 1.82) is 0 Å². The fourth-order valence-corrected chi connectivity index (χ4v) is 7.27. The SMILES string of the molecule is CCC[C@@H]1C[C@@H](C(=O)N[C@H](C2O[C@H](SC)[C@H](O)[C@@H](O)[C@H]2O)[C@H](C)Sc2ccc(CCN(C)C)cc2)N(C)C1. The van der Waals surface area contributed by atoms with Crippen LogP contribution in [0.2, 0.25) is 0 Å². The highest BCUT2D eigenvalue weighted by atomic mass is 32.2. The van der Waals surface area contributed by atoms with E-state index < -0.39 is 35.9 Å². The second kappa shape index (κ2) is 14.7. The number of likely N-dealkylation sites (N-methyl/N-ethyl adjacent to an activating group) is 2. The summed E-state index contributed by atoms with van der Waals surface area (Å²) in [6.07, 6.45) is 0.996. The van der Waals surface area contributed by atoms with Crippen LogP contribution >= 0.6 is 23.5 Å². The molecule has 38 heavy (non-hydrogen) atoms. The maximum atomic E-state index is 13.6. The Morgan fingerprint density at radius 2 is 1.87 bits per heavy atom. The van der Waals surface area contributed by atoms with Gasteiger partial charge < -0.3 is 30.3 Å². The van der Waals surface area contributed by atoms with Crippen LogP contribution in [0.25, 0.3) is 0 Å². The number of nitrogens with zero attached hydrogens (tertiary/aromatic N) is 2. The van der Waals surface area contributed by atoms with Crippen molar-refractivity contribution >= 4 is 29.4 Å². The van der Waals surface area contributed by atoms with Gasteiger partial charge in [-0.3, -0.25) is 9.69 Å². The molecule has 8 nitrogen and oxygen atoms in total. The van der Waals surface area contributed by atoms with E-state index >= 15 is 0 Å². The number of carbonyl (C=O) groups excluding carboxylic acids is 1. The zero-order chi connectivity index (χ0) is 28.0. The fourth-order valence-electron chi connectivity index (χ4n) is 5.50. The van der Waals surface area contributed by atoms with Crippen molar-refractivity contribution in [2.75, 3.05) is 40.5 Å². The molecule has 0 bridgehead atoms. The predicted octanol–water partition coefficient (Wildman–Crippen LogP) is 2.05. The van der Waals surface area contributed by atoms with Gasteiger partial charge in [-0.25, -0.2) is 0 Å². The molecule has 1 amide bonds. The van der Waals surface area contributed by atoms with Gasteiger partial charge in [0.2, 0.25) is 5.91 Å². The van der Waals surface area contributed by atoms with Crippen molar-refractivity contribution in [2.45, 2.75) is 91.6 Å². The van der Waals surface area contributed by atoms with Crippen LogP contribution in [0.1, 0.15) is 38.7 Å². The minimum absolute atomic E-state index is 0.0836. The smallest absolute Gasteiger partial charge is 0.237 e. The molecule has 3 rings (SSSR count). The molecule has 2 aliphatic rings. The van der Waals surface area contributed by atoms with E-state index in [2.05, 4.69) is 60.4 Å². The molecule has 10 heteroatoms. The van der Waals surface area contributed by atoms with E-state index in [1.165, 1.54) is 17.3 Å². The lowest BCUT2D eigenvalue weighted by Gasteiger charge is -2.44. The van der Waals surface area contributed by atoms with Crippen LogP contribution in [0.3, 0.4) is 0 Å². The predicted molar refractivity (Wildman–Crippen MR) is 156 cm³/mol. The summed E-state index contributed by atoms with van der Waals surface area (Å²) in [7, 11) is 6.11. The second-order valence-electron chi connectivity index (χ2n) is 11.1. The molecule has 0 spiro atoms. The Hall–Kier alpha value is -0.850. The number of likely N-dealkylation sites (tertiary alicyclic amines) is 1. The zero-order valence-corrected chi connectivity index (χ0v) is 25.3. The van der Waals surface area contributed by atoms with E-state index in [1.807, 2.05) is 14.0 Å².